The van der Waals surface area contributed by atoms with Gasteiger partial charge in [0.05, 0.1) is 0 Å². The Balaban J connectivity index is 1.51. The van der Waals surface area contributed by atoms with Crippen LogP contribution in [0.2, 0.25) is 0 Å². The van der Waals surface area contributed by atoms with Gasteiger partial charge in [0.1, 0.15) is 0 Å². The molecule has 110 valence electrons. The molecule has 12 atom stereocenters. The standard InChI is InChI=1S/C20H30/c1-9-10(2)12(4)19-7-8-20(19)17-15-13(16(15)18(17)20)5-6-14(19)11(9)3/h9-18H,5-8H2,1-4H3/t9-,10+,11-,12+,13?,14?,15+,16?,17?,18?,19?,20?/m0/s1. The predicted molar refractivity (Wildman–Crippen MR) is 80.9 cm³/mol. The molecule has 7 saturated carbocycles. The zero-order valence-corrected chi connectivity index (χ0v) is 13.6. The molecule has 0 amide bonds. The van der Waals surface area contributed by atoms with Crippen LogP contribution >= 0.6 is 0 Å². The lowest BCUT2D eigenvalue weighted by molar-refractivity contribution is -0.195. The van der Waals surface area contributed by atoms with Crippen molar-refractivity contribution in [2.45, 2.75) is 53.4 Å². The fraction of sp³-hybridized carbons (Fsp3) is 1.00. The highest BCUT2D eigenvalue weighted by atomic mass is 15.0. The monoisotopic (exact) mass is 270 g/mol. The smallest absolute Gasteiger partial charge is 0.0167 e. The molecule has 2 spiro atoms. The van der Waals surface area contributed by atoms with Gasteiger partial charge in [0.25, 0.3) is 0 Å². The van der Waals surface area contributed by atoms with E-state index in [1.54, 1.807) is 25.7 Å². The molecule has 0 aromatic heterocycles. The van der Waals surface area contributed by atoms with Gasteiger partial charge in [0, 0.05) is 0 Å². The molecule has 0 radical (unpaired) electrons. The van der Waals surface area contributed by atoms with Crippen LogP contribution in [0.4, 0.5) is 0 Å². The van der Waals surface area contributed by atoms with Crippen LogP contribution < -0.4 is 0 Å². The van der Waals surface area contributed by atoms with Crippen LogP contribution in [0.1, 0.15) is 53.4 Å². The summed E-state index contributed by atoms with van der Waals surface area (Å²) < 4.78 is 0. The zero-order chi connectivity index (χ0) is 13.6. The lowest BCUT2D eigenvalue weighted by Gasteiger charge is -2.67. The second-order valence-electron chi connectivity index (χ2n) is 10.0. The predicted octanol–water partition coefficient (Wildman–Crippen LogP) is 4.84. The summed E-state index contributed by atoms with van der Waals surface area (Å²) in [5.74, 6) is 11.2. The van der Waals surface area contributed by atoms with Gasteiger partial charge in [-0.3, -0.25) is 0 Å². The second-order valence-corrected chi connectivity index (χ2v) is 10.0. The number of hydrogen-bond donors (Lipinski definition) is 0. The Labute approximate surface area is 124 Å². The Bertz CT molecular complexity index is 490. The van der Waals surface area contributed by atoms with Gasteiger partial charge in [0.15, 0.2) is 0 Å². The summed E-state index contributed by atoms with van der Waals surface area (Å²) in [5.41, 5.74) is 1.72. The average Bonchev–Trinajstić information content (AvgIpc) is 3.19. The molecule has 2 bridgehead atoms. The van der Waals surface area contributed by atoms with Crippen molar-refractivity contribution in [3.8, 4) is 0 Å². The Morgan fingerprint density at radius 3 is 1.95 bits per heavy atom. The minimum absolute atomic E-state index is 0.812. The first-order valence-corrected chi connectivity index (χ1v) is 9.57. The largest absolute Gasteiger partial charge is 0.0620 e. The van der Waals surface area contributed by atoms with Crippen molar-refractivity contribution < 1.29 is 0 Å². The molecular weight excluding hydrogens is 240 g/mol. The first-order chi connectivity index (χ1) is 9.57. The van der Waals surface area contributed by atoms with E-state index in [9.17, 15) is 0 Å². The Hall–Kier alpha value is 0. The first-order valence-electron chi connectivity index (χ1n) is 9.57. The van der Waals surface area contributed by atoms with Crippen LogP contribution in [0.5, 0.6) is 0 Å². The molecule has 0 aliphatic heterocycles. The molecular formula is C20H30. The normalized spacial score (nSPS) is 78.6. The van der Waals surface area contributed by atoms with E-state index in [1.165, 1.54) is 29.6 Å². The summed E-state index contributed by atoms with van der Waals surface area (Å²) >= 11 is 0. The van der Waals surface area contributed by atoms with Crippen molar-refractivity contribution in [3.63, 3.8) is 0 Å². The summed E-state index contributed by atoms with van der Waals surface area (Å²) in [6.45, 7) is 10.5. The van der Waals surface area contributed by atoms with Crippen LogP contribution in [0.25, 0.3) is 0 Å². The van der Waals surface area contributed by atoms with Gasteiger partial charge in [-0.25, -0.2) is 0 Å². The van der Waals surface area contributed by atoms with E-state index in [4.69, 9.17) is 0 Å². The molecule has 0 aromatic carbocycles. The Morgan fingerprint density at radius 1 is 0.700 bits per heavy atom. The topological polar surface area (TPSA) is 0 Å². The number of hydrogen-bond acceptors (Lipinski definition) is 0. The van der Waals surface area contributed by atoms with Crippen LogP contribution in [-0.4, -0.2) is 0 Å². The quantitative estimate of drug-likeness (QED) is 0.590. The highest BCUT2D eigenvalue weighted by molar-refractivity contribution is 5.42. The molecule has 7 unspecified atom stereocenters. The Morgan fingerprint density at radius 2 is 1.35 bits per heavy atom. The average molecular weight is 270 g/mol. The summed E-state index contributed by atoms with van der Waals surface area (Å²) in [6.07, 6.45) is 6.46. The fourth-order valence-corrected chi connectivity index (χ4v) is 9.65. The van der Waals surface area contributed by atoms with Gasteiger partial charge in [0.2, 0.25) is 0 Å². The summed E-state index contributed by atoms with van der Waals surface area (Å²) in [6, 6.07) is 0. The maximum absolute atomic E-state index is 2.67. The van der Waals surface area contributed by atoms with Gasteiger partial charge in [-0.1, -0.05) is 27.7 Å². The minimum atomic E-state index is 0.812. The third-order valence-corrected chi connectivity index (χ3v) is 10.8. The highest BCUT2D eigenvalue weighted by Crippen LogP contribution is 3.00. The molecule has 20 heavy (non-hydrogen) atoms. The second kappa shape index (κ2) is 2.91. The number of rotatable bonds is 0. The third kappa shape index (κ3) is 0.793. The van der Waals surface area contributed by atoms with Crippen molar-refractivity contribution in [2.75, 3.05) is 0 Å². The van der Waals surface area contributed by atoms with Crippen LogP contribution in [-0.2, 0) is 0 Å². The fourth-order valence-electron chi connectivity index (χ4n) is 9.65. The van der Waals surface area contributed by atoms with Gasteiger partial charge < -0.3 is 0 Å². The maximum atomic E-state index is 2.67. The molecule has 7 aliphatic carbocycles. The van der Waals surface area contributed by atoms with E-state index in [-0.39, 0.29) is 0 Å². The van der Waals surface area contributed by atoms with Crippen LogP contribution in [0, 0.1) is 70.0 Å². The lowest BCUT2D eigenvalue weighted by Crippen LogP contribution is -2.61. The minimum Gasteiger partial charge on any atom is -0.0620 e. The number of fused-ring (bicyclic) bond motifs is 1. The van der Waals surface area contributed by atoms with Crippen LogP contribution in [0.15, 0.2) is 0 Å². The summed E-state index contributed by atoms with van der Waals surface area (Å²) in [7, 11) is 0. The lowest BCUT2D eigenvalue weighted by atomic mass is 9.37. The van der Waals surface area contributed by atoms with Crippen molar-refractivity contribution in [2.24, 2.45) is 70.0 Å². The molecule has 0 heteroatoms. The van der Waals surface area contributed by atoms with Gasteiger partial charge in [-0.2, -0.15) is 0 Å². The van der Waals surface area contributed by atoms with E-state index >= 15 is 0 Å². The van der Waals surface area contributed by atoms with E-state index in [0.29, 0.717) is 0 Å². The third-order valence-electron chi connectivity index (χ3n) is 10.8. The van der Waals surface area contributed by atoms with Crippen molar-refractivity contribution >= 4 is 0 Å². The van der Waals surface area contributed by atoms with Crippen molar-refractivity contribution in [1.82, 2.24) is 0 Å². The first kappa shape index (κ1) is 11.6. The Kier molecular flexibility index (Phi) is 1.68. The zero-order valence-electron chi connectivity index (χ0n) is 13.6. The van der Waals surface area contributed by atoms with Gasteiger partial charge in [-0.15, -0.1) is 0 Å². The van der Waals surface area contributed by atoms with E-state index in [2.05, 4.69) is 27.7 Å². The SMILES string of the molecule is C[C@@H]1[C@H](C)[C@H](C)C2CCC3C4C5C([C@H]34)C53CCC23[C@@H]1C. The molecule has 7 fully saturated rings. The molecule has 0 aromatic rings. The van der Waals surface area contributed by atoms with Gasteiger partial charge >= 0.3 is 0 Å². The van der Waals surface area contributed by atoms with Gasteiger partial charge in [-0.05, 0) is 95.7 Å². The van der Waals surface area contributed by atoms with E-state index in [0.717, 1.165) is 40.4 Å². The van der Waals surface area contributed by atoms with Crippen molar-refractivity contribution in [3.05, 3.63) is 0 Å². The van der Waals surface area contributed by atoms with E-state index in [1.807, 2.05) is 0 Å². The highest BCUT2D eigenvalue weighted by Gasteiger charge is 2.95. The van der Waals surface area contributed by atoms with Crippen LogP contribution in [0.3, 0.4) is 0 Å². The summed E-state index contributed by atoms with van der Waals surface area (Å²) in [5, 5.41) is 0. The molecule has 0 N–H and O–H groups in total. The summed E-state index contributed by atoms with van der Waals surface area (Å²) in [4.78, 5) is 0. The van der Waals surface area contributed by atoms with Crippen molar-refractivity contribution in [1.29, 1.82) is 0 Å². The molecule has 0 saturated heterocycles. The molecule has 0 nitrogen and oxygen atoms in total. The molecule has 0 heterocycles. The maximum Gasteiger partial charge on any atom is -0.0167 e. The molecule has 7 rings (SSSR count). The van der Waals surface area contributed by atoms with E-state index < -0.39 is 0 Å². The molecule has 7 aliphatic rings.